The number of carbonyl (C=O) groups excluding carboxylic acids is 2. The van der Waals surface area contributed by atoms with E-state index in [0.717, 1.165) is 34.8 Å². The van der Waals surface area contributed by atoms with Crippen molar-refractivity contribution in [2.24, 2.45) is 13.0 Å². The van der Waals surface area contributed by atoms with Gasteiger partial charge in [0, 0.05) is 20.0 Å². The van der Waals surface area contributed by atoms with Gasteiger partial charge < -0.3 is 19.2 Å². The van der Waals surface area contributed by atoms with Gasteiger partial charge in [0.1, 0.15) is 11.6 Å². The van der Waals surface area contributed by atoms with Crippen molar-refractivity contribution in [3.63, 3.8) is 0 Å². The van der Waals surface area contributed by atoms with Crippen LogP contribution in [0.3, 0.4) is 0 Å². The standard InChI is InChI=1S/C22H26N4O3S/c1-25-19-8-4-3-7-17(19)23-21(25)18(9-11-30-2)24-22(28)15-12-20(27)26(13-15)14-16-6-5-10-29-16/h3-8,10,15,18H,9,11-14H2,1-2H3,(H,24,28)/t15-,18+/m0/s1. The number of fused-ring (bicyclic) bond motifs is 1. The Balaban J connectivity index is 1.48. The fraction of sp³-hybridized carbons (Fsp3) is 0.409. The topological polar surface area (TPSA) is 80.4 Å². The molecule has 3 aromatic rings. The summed E-state index contributed by atoms with van der Waals surface area (Å²) in [5, 5.41) is 3.17. The summed E-state index contributed by atoms with van der Waals surface area (Å²) in [4.78, 5) is 31.9. The van der Waals surface area contributed by atoms with Gasteiger partial charge in [-0.05, 0) is 42.7 Å². The second kappa shape index (κ2) is 8.95. The third-order valence-electron chi connectivity index (χ3n) is 5.57. The summed E-state index contributed by atoms with van der Waals surface area (Å²) in [6.07, 6.45) is 4.65. The Labute approximate surface area is 179 Å². The summed E-state index contributed by atoms with van der Waals surface area (Å²) in [6.45, 7) is 0.805. The predicted octanol–water partition coefficient (Wildman–Crippen LogP) is 3.13. The van der Waals surface area contributed by atoms with Gasteiger partial charge in [0.25, 0.3) is 0 Å². The van der Waals surface area contributed by atoms with Gasteiger partial charge >= 0.3 is 0 Å². The van der Waals surface area contributed by atoms with Gasteiger partial charge in [-0.2, -0.15) is 11.8 Å². The summed E-state index contributed by atoms with van der Waals surface area (Å²) < 4.78 is 7.39. The van der Waals surface area contributed by atoms with Crippen LogP contribution in [-0.2, 0) is 23.2 Å². The van der Waals surface area contributed by atoms with Gasteiger partial charge in [0.2, 0.25) is 11.8 Å². The third kappa shape index (κ3) is 4.23. The van der Waals surface area contributed by atoms with E-state index in [4.69, 9.17) is 9.40 Å². The van der Waals surface area contributed by atoms with Crippen molar-refractivity contribution in [2.75, 3.05) is 18.6 Å². The highest BCUT2D eigenvalue weighted by Gasteiger charge is 2.36. The Morgan fingerprint density at radius 2 is 2.17 bits per heavy atom. The minimum atomic E-state index is -0.362. The molecule has 1 saturated heterocycles. The van der Waals surface area contributed by atoms with Crippen LogP contribution < -0.4 is 5.32 Å². The first-order chi connectivity index (χ1) is 14.6. The molecule has 2 amide bonds. The van der Waals surface area contributed by atoms with E-state index in [2.05, 4.69) is 11.6 Å². The number of para-hydroxylation sites is 2. The van der Waals surface area contributed by atoms with Crippen molar-refractivity contribution in [1.82, 2.24) is 19.8 Å². The van der Waals surface area contributed by atoms with Crippen LogP contribution in [0.5, 0.6) is 0 Å². The number of carbonyl (C=O) groups is 2. The minimum absolute atomic E-state index is 0.0186. The molecule has 0 bridgehead atoms. The fourth-order valence-corrected chi connectivity index (χ4v) is 4.43. The van der Waals surface area contributed by atoms with Gasteiger partial charge in [-0.15, -0.1) is 0 Å². The van der Waals surface area contributed by atoms with E-state index in [1.165, 1.54) is 0 Å². The van der Waals surface area contributed by atoms with Crippen molar-refractivity contribution in [2.45, 2.75) is 25.4 Å². The summed E-state index contributed by atoms with van der Waals surface area (Å²) in [7, 11) is 1.98. The molecule has 0 spiro atoms. The van der Waals surface area contributed by atoms with Crippen molar-refractivity contribution in [1.29, 1.82) is 0 Å². The quantitative estimate of drug-likeness (QED) is 0.599. The number of nitrogens with one attached hydrogen (secondary N) is 1. The number of aromatic nitrogens is 2. The number of imidazole rings is 1. The number of thioether (sulfide) groups is 1. The number of benzene rings is 1. The van der Waals surface area contributed by atoms with E-state index in [1.54, 1.807) is 29.0 Å². The molecule has 2 atom stereocenters. The maximum Gasteiger partial charge on any atom is 0.226 e. The summed E-state index contributed by atoms with van der Waals surface area (Å²) in [5.41, 5.74) is 1.95. The first-order valence-corrected chi connectivity index (χ1v) is 11.5. The third-order valence-corrected chi connectivity index (χ3v) is 6.22. The number of likely N-dealkylation sites (tertiary alicyclic amines) is 1. The van der Waals surface area contributed by atoms with Crippen LogP contribution in [-0.4, -0.2) is 44.8 Å². The molecule has 1 aliphatic rings. The van der Waals surface area contributed by atoms with Crippen LogP contribution in [0, 0.1) is 5.92 Å². The molecule has 1 fully saturated rings. The second-order valence-electron chi connectivity index (χ2n) is 7.62. The smallest absolute Gasteiger partial charge is 0.226 e. The van der Waals surface area contributed by atoms with Crippen LogP contribution in [0.1, 0.15) is 30.5 Å². The van der Waals surface area contributed by atoms with Crippen molar-refractivity contribution < 1.29 is 14.0 Å². The van der Waals surface area contributed by atoms with Gasteiger partial charge in [-0.25, -0.2) is 4.98 Å². The van der Waals surface area contributed by atoms with Crippen LogP contribution in [0.2, 0.25) is 0 Å². The molecule has 1 N–H and O–H groups in total. The molecule has 0 saturated carbocycles. The second-order valence-corrected chi connectivity index (χ2v) is 8.60. The Bertz CT molecular complexity index is 1030. The summed E-state index contributed by atoms with van der Waals surface area (Å²) >= 11 is 1.74. The number of nitrogens with zero attached hydrogens (tertiary/aromatic N) is 3. The van der Waals surface area contributed by atoms with Gasteiger partial charge in [0.15, 0.2) is 0 Å². The first-order valence-electron chi connectivity index (χ1n) is 10.1. The molecule has 1 aliphatic heterocycles. The molecule has 2 aromatic heterocycles. The average Bonchev–Trinajstić information content (AvgIpc) is 3.46. The molecule has 7 nitrogen and oxygen atoms in total. The van der Waals surface area contributed by atoms with Gasteiger partial charge in [-0.1, -0.05) is 12.1 Å². The predicted molar refractivity (Wildman–Crippen MR) is 117 cm³/mol. The minimum Gasteiger partial charge on any atom is -0.467 e. The summed E-state index contributed by atoms with van der Waals surface area (Å²) in [5.74, 6) is 2.00. The van der Waals surface area contributed by atoms with Crippen molar-refractivity contribution >= 4 is 34.6 Å². The van der Waals surface area contributed by atoms with Crippen molar-refractivity contribution in [3.8, 4) is 0 Å². The molecule has 0 radical (unpaired) electrons. The van der Waals surface area contributed by atoms with Crippen molar-refractivity contribution in [3.05, 3.63) is 54.2 Å². The molecule has 158 valence electrons. The Morgan fingerprint density at radius 1 is 1.33 bits per heavy atom. The zero-order valence-electron chi connectivity index (χ0n) is 17.2. The number of furan rings is 1. The highest BCUT2D eigenvalue weighted by atomic mass is 32.2. The van der Waals surface area contributed by atoms with E-state index < -0.39 is 0 Å². The molecule has 1 aromatic carbocycles. The number of amides is 2. The molecular weight excluding hydrogens is 400 g/mol. The fourth-order valence-electron chi connectivity index (χ4n) is 3.96. The molecule has 0 unspecified atom stereocenters. The molecule has 4 rings (SSSR count). The normalized spacial score (nSPS) is 17.6. The zero-order chi connectivity index (χ0) is 21.1. The maximum atomic E-state index is 13.1. The van der Waals surface area contributed by atoms with Crippen LogP contribution in [0.25, 0.3) is 11.0 Å². The molecule has 3 heterocycles. The van der Waals surface area contributed by atoms with E-state index in [-0.39, 0.29) is 30.2 Å². The number of aryl methyl sites for hydroxylation is 1. The van der Waals surface area contributed by atoms with Gasteiger partial charge in [-0.3, -0.25) is 9.59 Å². The Morgan fingerprint density at radius 3 is 2.90 bits per heavy atom. The lowest BCUT2D eigenvalue weighted by atomic mass is 10.1. The van der Waals surface area contributed by atoms with Crippen LogP contribution in [0.15, 0.2) is 47.1 Å². The average molecular weight is 427 g/mol. The van der Waals surface area contributed by atoms with Gasteiger partial charge in [0.05, 0.1) is 35.8 Å². The molecule has 30 heavy (non-hydrogen) atoms. The monoisotopic (exact) mass is 426 g/mol. The lowest BCUT2D eigenvalue weighted by Gasteiger charge is -2.21. The van der Waals surface area contributed by atoms with E-state index in [9.17, 15) is 9.59 Å². The lowest BCUT2D eigenvalue weighted by Crippen LogP contribution is -2.36. The Hall–Kier alpha value is -2.74. The number of hydrogen-bond donors (Lipinski definition) is 1. The van der Waals surface area contributed by atoms with Crippen LogP contribution in [0.4, 0.5) is 0 Å². The van der Waals surface area contributed by atoms with E-state index in [0.29, 0.717) is 13.1 Å². The highest BCUT2D eigenvalue weighted by Crippen LogP contribution is 2.25. The molecule has 0 aliphatic carbocycles. The SMILES string of the molecule is CSCC[C@@H](NC(=O)[C@H]1CC(=O)N(Cc2ccco2)C1)c1nc2ccccc2n1C. The largest absolute Gasteiger partial charge is 0.467 e. The lowest BCUT2D eigenvalue weighted by molar-refractivity contribution is -0.129. The first kappa shape index (κ1) is 20.5. The zero-order valence-corrected chi connectivity index (χ0v) is 18.0. The molecular formula is C22H26N4O3S. The highest BCUT2D eigenvalue weighted by molar-refractivity contribution is 7.98. The van der Waals surface area contributed by atoms with E-state index >= 15 is 0 Å². The number of rotatable bonds is 8. The summed E-state index contributed by atoms with van der Waals surface area (Å²) in [6, 6.07) is 11.4. The maximum absolute atomic E-state index is 13.1. The number of hydrogen-bond acceptors (Lipinski definition) is 5. The van der Waals surface area contributed by atoms with Crippen LogP contribution >= 0.6 is 11.8 Å². The molecule has 8 heteroatoms. The Kier molecular flexibility index (Phi) is 6.13. The van der Waals surface area contributed by atoms with E-state index in [1.807, 2.05) is 41.9 Å².